The zero-order valence-corrected chi connectivity index (χ0v) is 23.3. The van der Waals surface area contributed by atoms with Gasteiger partial charge in [-0.25, -0.2) is 0 Å². The minimum atomic E-state index is -0.715. The number of Topliss-reactive ketones (excluding diaryl/α,β-unsaturated/α-hetero) is 1. The molecule has 0 radical (unpaired) electrons. The van der Waals surface area contributed by atoms with Crippen molar-refractivity contribution in [3.8, 4) is 11.5 Å². The van der Waals surface area contributed by atoms with E-state index in [1.807, 2.05) is 62.3 Å². The number of ketones is 1. The standard InChI is InChI=1S/C33H36N2O5/c1-5-21-39-27-15-11-24(12-16-27)30-29(32(37)33(38)35(30)20-8-19-34(3)4)31(36)25-13-17-28(18-14-25)40-22-26-10-7-6-9-23(26)2/h5-7,9-18,30,36H,1,8,19-22H2,2-4H3. The smallest absolute Gasteiger partial charge is 0.295 e. The first-order valence-corrected chi connectivity index (χ1v) is 13.3. The van der Waals surface area contributed by atoms with Gasteiger partial charge in [0.15, 0.2) is 0 Å². The zero-order valence-electron chi connectivity index (χ0n) is 23.3. The van der Waals surface area contributed by atoms with Crippen LogP contribution in [0.4, 0.5) is 0 Å². The largest absolute Gasteiger partial charge is 0.507 e. The minimum absolute atomic E-state index is 0.0724. The number of hydrogen-bond donors (Lipinski definition) is 1. The summed E-state index contributed by atoms with van der Waals surface area (Å²) in [6.07, 6.45) is 2.34. The van der Waals surface area contributed by atoms with E-state index in [0.29, 0.717) is 43.2 Å². The van der Waals surface area contributed by atoms with E-state index < -0.39 is 17.7 Å². The van der Waals surface area contributed by atoms with E-state index in [2.05, 4.69) is 6.58 Å². The van der Waals surface area contributed by atoms with Crippen LogP contribution in [0.5, 0.6) is 11.5 Å². The average molecular weight is 541 g/mol. The number of benzene rings is 3. The van der Waals surface area contributed by atoms with Crippen LogP contribution in [0.25, 0.3) is 5.76 Å². The van der Waals surface area contributed by atoms with Crippen molar-refractivity contribution >= 4 is 17.4 Å². The lowest BCUT2D eigenvalue weighted by molar-refractivity contribution is -0.139. The summed E-state index contributed by atoms with van der Waals surface area (Å²) >= 11 is 0. The van der Waals surface area contributed by atoms with Gasteiger partial charge in [-0.05, 0) is 87.1 Å². The molecule has 1 fully saturated rings. The van der Waals surface area contributed by atoms with E-state index in [0.717, 1.165) is 23.2 Å². The summed E-state index contributed by atoms with van der Waals surface area (Å²) in [7, 11) is 3.92. The maximum Gasteiger partial charge on any atom is 0.295 e. The van der Waals surface area contributed by atoms with E-state index in [-0.39, 0.29) is 11.3 Å². The zero-order chi connectivity index (χ0) is 28.6. The molecule has 7 heteroatoms. The molecule has 3 aromatic rings. The summed E-state index contributed by atoms with van der Waals surface area (Å²) in [5, 5.41) is 11.4. The van der Waals surface area contributed by atoms with E-state index in [9.17, 15) is 14.7 Å². The Balaban J connectivity index is 1.63. The van der Waals surface area contributed by atoms with Crippen molar-refractivity contribution in [2.24, 2.45) is 0 Å². The van der Waals surface area contributed by atoms with Gasteiger partial charge in [0.1, 0.15) is 30.5 Å². The number of rotatable bonds is 12. The average Bonchev–Trinajstić information content (AvgIpc) is 3.20. The van der Waals surface area contributed by atoms with Gasteiger partial charge in [0.2, 0.25) is 0 Å². The Bertz CT molecular complexity index is 1380. The van der Waals surface area contributed by atoms with Crippen LogP contribution in [-0.4, -0.2) is 60.4 Å². The number of aliphatic hydroxyl groups is 1. The maximum atomic E-state index is 13.3. The van der Waals surface area contributed by atoms with Gasteiger partial charge in [0.25, 0.3) is 11.7 Å². The van der Waals surface area contributed by atoms with Gasteiger partial charge in [-0.15, -0.1) is 0 Å². The highest BCUT2D eigenvalue weighted by atomic mass is 16.5. The summed E-state index contributed by atoms with van der Waals surface area (Å²) in [6, 6.07) is 21.4. The van der Waals surface area contributed by atoms with Crippen molar-refractivity contribution in [3.05, 3.63) is 113 Å². The number of amides is 1. The van der Waals surface area contributed by atoms with Crippen LogP contribution in [0.2, 0.25) is 0 Å². The number of carbonyl (C=O) groups excluding carboxylic acids is 2. The monoisotopic (exact) mass is 540 g/mol. The van der Waals surface area contributed by atoms with Crippen LogP contribution in [0.3, 0.4) is 0 Å². The summed E-state index contributed by atoms with van der Waals surface area (Å²) in [6.45, 7) is 7.62. The van der Waals surface area contributed by atoms with Gasteiger partial charge in [0, 0.05) is 12.1 Å². The molecule has 40 heavy (non-hydrogen) atoms. The Kier molecular flexibility index (Phi) is 9.40. The molecule has 1 amide bonds. The predicted octanol–water partition coefficient (Wildman–Crippen LogP) is 5.51. The summed E-state index contributed by atoms with van der Waals surface area (Å²) in [5.41, 5.74) is 3.46. The molecular formula is C33H36N2O5. The lowest BCUT2D eigenvalue weighted by Crippen LogP contribution is -2.32. The number of nitrogens with zero attached hydrogens (tertiary/aromatic N) is 2. The van der Waals surface area contributed by atoms with Gasteiger partial charge < -0.3 is 24.4 Å². The van der Waals surface area contributed by atoms with Crippen LogP contribution in [0, 0.1) is 6.92 Å². The van der Waals surface area contributed by atoms with Crippen LogP contribution >= 0.6 is 0 Å². The summed E-state index contributed by atoms with van der Waals surface area (Å²) in [5.74, 6) is -0.240. The maximum absolute atomic E-state index is 13.3. The molecule has 1 aliphatic heterocycles. The lowest BCUT2D eigenvalue weighted by atomic mass is 9.95. The van der Waals surface area contributed by atoms with Crippen molar-refractivity contribution in [1.29, 1.82) is 0 Å². The van der Waals surface area contributed by atoms with E-state index in [4.69, 9.17) is 9.47 Å². The number of aryl methyl sites for hydroxylation is 1. The Morgan fingerprint density at radius 2 is 1.62 bits per heavy atom. The summed E-state index contributed by atoms with van der Waals surface area (Å²) in [4.78, 5) is 30.1. The molecule has 7 nitrogen and oxygen atoms in total. The molecule has 0 spiro atoms. The third kappa shape index (κ3) is 6.61. The quantitative estimate of drug-likeness (QED) is 0.141. The fourth-order valence-corrected chi connectivity index (χ4v) is 4.71. The molecule has 1 unspecified atom stereocenters. The third-order valence-electron chi connectivity index (χ3n) is 6.89. The fraction of sp³-hybridized carbons (Fsp3) is 0.273. The second-order valence-corrected chi connectivity index (χ2v) is 10.1. The SMILES string of the molecule is C=CCOc1ccc(C2C(=C(O)c3ccc(OCc4ccccc4C)cc3)C(=O)C(=O)N2CCCN(C)C)cc1. The van der Waals surface area contributed by atoms with E-state index >= 15 is 0 Å². The predicted molar refractivity (Wildman–Crippen MR) is 156 cm³/mol. The first-order chi connectivity index (χ1) is 19.3. The van der Waals surface area contributed by atoms with E-state index in [1.54, 1.807) is 47.4 Å². The Morgan fingerprint density at radius 1 is 0.975 bits per heavy atom. The molecule has 0 bridgehead atoms. The third-order valence-corrected chi connectivity index (χ3v) is 6.89. The number of likely N-dealkylation sites (tertiary alicyclic amines) is 1. The molecule has 0 saturated carbocycles. The second kappa shape index (κ2) is 13.1. The van der Waals surface area contributed by atoms with Crippen molar-refractivity contribution in [2.45, 2.75) is 26.0 Å². The Hall–Kier alpha value is -4.36. The molecule has 0 aliphatic carbocycles. The molecular weight excluding hydrogens is 504 g/mol. The highest BCUT2D eigenvalue weighted by Gasteiger charge is 2.45. The first kappa shape index (κ1) is 28.6. The van der Waals surface area contributed by atoms with Crippen LogP contribution in [-0.2, 0) is 16.2 Å². The van der Waals surface area contributed by atoms with Crippen molar-refractivity contribution in [2.75, 3.05) is 33.8 Å². The van der Waals surface area contributed by atoms with Gasteiger partial charge >= 0.3 is 0 Å². The normalized spacial score (nSPS) is 16.4. The van der Waals surface area contributed by atoms with Crippen LogP contribution in [0.1, 0.15) is 34.7 Å². The summed E-state index contributed by atoms with van der Waals surface area (Å²) < 4.78 is 11.5. The van der Waals surface area contributed by atoms with E-state index in [1.165, 1.54) is 0 Å². The molecule has 3 aromatic carbocycles. The number of aliphatic hydroxyl groups excluding tert-OH is 1. The fourth-order valence-electron chi connectivity index (χ4n) is 4.71. The molecule has 4 rings (SSSR count). The van der Waals surface area contributed by atoms with Gasteiger partial charge in [-0.1, -0.05) is 49.1 Å². The molecule has 1 aliphatic rings. The lowest BCUT2D eigenvalue weighted by Gasteiger charge is -2.26. The number of ether oxygens (including phenoxy) is 2. The Labute approximate surface area is 235 Å². The van der Waals surface area contributed by atoms with Gasteiger partial charge in [-0.3, -0.25) is 9.59 Å². The highest BCUT2D eigenvalue weighted by Crippen LogP contribution is 2.40. The minimum Gasteiger partial charge on any atom is -0.507 e. The van der Waals surface area contributed by atoms with Crippen LogP contribution < -0.4 is 9.47 Å². The van der Waals surface area contributed by atoms with Gasteiger partial charge in [-0.2, -0.15) is 0 Å². The highest BCUT2D eigenvalue weighted by molar-refractivity contribution is 6.46. The van der Waals surface area contributed by atoms with Crippen molar-refractivity contribution < 1.29 is 24.2 Å². The topological polar surface area (TPSA) is 79.3 Å². The molecule has 1 heterocycles. The first-order valence-electron chi connectivity index (χ1n) is 13.3. The molecule has 1 saturated heterocycles. The van der Waals surface area contributed by atoms with Crippen molar-refractivity contribution in [1.82, 2.24) is 9.80 Å². The Morgan fingerprint density at radius 3 is 2.27 bits per heavy atom. The molecule has 0 aromatic heterocycles. The molecule has 1 atom stereocenters. The number of hydrogen-bond acceptors (Lipinski definition) is 6. The van der Waals surface area contributed by atoms with Gasteiger partial charge in [0.05, 0.1) is 11.6 Å². The van der Waals surface area contributed by atoms with Crippen LogP contribution in [0.15, 0.2) is 91.0 Å². The molecule has 208 valence electrons. The number of carbonyl (C=O) groups is 2. The molecule has 1 N–H and O–H groups in total. The second-order valence-electron chi connectivity index (χ2n) is 10.1. The van der Waals surface area contributed by atoms with Crippen molar-refractivity contribution in [3.63, 3.8) is 0 Å².